The first kappa shape index (κ1) is 13.5. The van der Waals surface area contributed by atoms with Gasteiger partial charge >= 0.3 is 0 Å². The molecule has 0 aliphatic carbocycles. The zero-order valence-electron chi connectivity index (χ0n) is 9.79. The molecule has 1 rings (SSSR count). The molecule has 0 heterocycles. The van der Waals surface area contributed by atoms with Gasteiger partial charge in [0.2, 0.25) is 0 Å². The second-order valence-electron chi connectivity index (χ2n) is 3.93. The van der Waals surface area contributed by atoms with Gasteiger partial charge < -0.3 is 5.73 Å². The summed E-state index contributed by atoms with van der Waals surface area (Å²) in [4.78, 5) is 0. The Balaban J connectivity index is 2.23. The second kappa shape index (κ2) is 7.69. The van der Waals surface area contributed by atoms with Crippen LogP contribution in [0.15, 0.2) is 24.3 Å². The van der Waals surface area contributed by atoms with E-state index in [9.17, 15) is 4.39 Å². The van der Waals surface area contributed by atoms with Crippen LogP contribution in [0.1, 0.15) is 25.3 Å². The highest BCUT2D eigenvalue weighted by Gasteiger charge is 2.04. The van der Waals surface area contributed by atoms with Crippen LogP contribution in [0.2, 0.25) is 0 Å². The summed E-state index contributed by atoms with van der Waals surface area (Å²) in [5, 5.41) is 0. The number of benzene rings is 1. The molecule has 0 aliphatic rings. The van der Waals surface area contributed by atoms with Gasteiger partial charge in [-0.25, -0.2) is 4.39 Å². The summed E-state index contributed by atoms with van der Waals surface area (Å²) < 4.78 is 12.7. The minimum absolute atomic E-state index is 0.184. The molecule has 0 amide bonds. The molecule has 1 nitrogen and oxygen atoms in total. The Bertz CT molecular complexity index is 286. The number of nitrogens with two attached hydrogens (primary N) is 1. The summed E-state index contributed by atoms with van der Waals surface area (Å²) in [7, 11) is 0. The number of halogens is 1. The lowest BCUT2D eigenvalue weighted by molar-refractivity contribution is 0.599. The van der Waals surface area contributed by atoms with E-state index in [2.05, 4.69) is 6.92 Å². The Morgan fingerprint density at radius 1 is 1.31 bits per heavy atom. The van der Waals surface area contributed by atoms with Crippen LogP contribution in [0.4, 0.5) is 4.39 Å². The van der Waals surface area contributed by atoms with Crippen LogP contribution in [0.5, 0.6) is 0 Å². The molecule has 90 valence electrons. The van der Waals surface area contributed by atoms with Crippen LogP contribution in [-0.4, -0.2) is 17.5 Å². The fraction of sp³-hybridized carbons (Fsp3) is 0.538. The van der Waals surface area contributed by atoms with Gasteiger partial charge in [0.05, 0.1) is 0 Å². The predicted molar refractivity (Wildman–Crippen MR) is 70.3 cm³/mol. The lowest BCUT2D eigenvalue weighted by Gasteiger charge is -2.11. The average molecular weight is 241 g/mol. The summed E-state index contributed by atoms with van der Waals surface area (Å²) in [6.07, 6.45) is 3.06. The highest BCUT2D eigenvalue weighted by atomic mass is 32.2. The van der Waals surface area contributed by atoms with Crippen molar-refractivity contribution in [1.82, 2.24) is 0 Å². The van der Waals surface area contributed by atoms with E-state index in [1.54, 1.807) is 0 Å². The monoisotopic (exact) mass is 241 g/mol. The van der Waals surface area contributed by atoms with Crippen molar-refractivity contribution in [2.45, 2.75) is 32.2 Å². The maximum absolute atomic E-state index is 12.7. The zero-order valence-corrected chi connectivity index (χ0v) is 10.6. The zero-order chi connectivity index (χ0) is 11.8. The molecule has 1 aromatic carbocycles. The average Bonchev–Trinajstić information content (AvgIpc) is 2.28. The number of rotatable bonds is 7. The molecular formula is C13H20FNS. The smallest absolute Gasteiger partial charge is 0.123 e. The molecule has 0 spiro atoms. The number of hydrogen-bond acceptors (Lipinski definition) is 2. The molecular weight excluding hydrogens is 221 g/mol. The standard InChI is InChI=1S/C13H20FNS/c1-2-16-9-3-4-13(15)10-11-5-7-12(14)8-6-11/h5-8,13H,2-4,9-10,15H2,1H3. The first-order valence-corrected chi connectivity index (χ1v) is 6.95. The molecule has 3 heteroatoms. The quantitative estimate of drug-likeness (QED) is 0.742. The molecule has 0 aromatic heterocycles. The lowest BCUT2D eigenvalue weighted by Crippen LogP contribution is -2.22. The fourth-order valence-corrected chi connectivity index (χ4v) is 2.28. The van der Waals surface area contributed by atoms with E-state index in [-0.39, 0.29) is 11.9 Å². The predicted octanol–water partition coefficient (Wildman–Crippen LogP) is 3.23. The van der Waals surface area contributed by atoms with Gasteiger partial charge in [0.25, 0.3) is 0 Å². The summed E-state index contributed by atoms with van der Waals surface area (Å²) in [6, 6.07) is 6.82. The summed E-state index contributed by atoms with van der Waals surface area (Å²) in [5.74, 6) is 2.18. The van der Waals surface area contributed by atoms with Gasteiger partial charge in [-0.05, 0) is 48.5 Å². The maximum atomic E-state index is 12.7. The van der Waals surface area contributed by atoms with E-state index >= 15 is 0 Å². The Morgan fingerprint density at radius 2 is 2.00 bits per heavy atom. The van der Waals surface area contributed by atoms with Crippen molar-refractivity contribution in [3.8, 4) is 0 Å². The van der Waals surface area contributed by atoms with Gasteiger partial charge in [-0.2, -0.15) is 11.8 Å². The summed E-state index contributed by atoms with van der Waals surface area (Å²) >= 11 is 1.95. The summed E-state index contributed by atoms with van der Waals surface area (Å²) in [6.45, 7) is 2.17. The van der Waals surface area contributed by atoms with Crippen LogP contribution >= 0.6 is 11.8 Å². The number of thioether (sulfide) groups is 1. The molecule has 2 N–H and O–H groups in total. The Kier molecular flexibility index (Phi) is 6.50. The topological polar surface area (TPSA) is 26.0 Å². The van der Waals surface area contributed by atoms with Crippen LogP contribution in [-0.2, 0) is 6.42 Å². The van der Waals surface area contributed by atoms with Crippen LogP contribution in [0, 0.1) is 5.82 Å². The third kappa shape index (κ3) is 5.52. The Hall–Kier alpha value is -0.540. The van der Waals surface area contributed by atoms with E-state index in [0.29, 0.717) is 0 Å². The van der Waals surface area contributed by atoms with Crippen LogP contribution in [0.25, 0.3) is 0 Å². The molecule has 0 saturated heterocycles. The van der Waals surface area contributed by atoms with Crippen molar-refractivity contribution < 1.29 is 4.39 Å². The third-order valence-electron chi connectivity index (χ3n) is 2.48. The van der Waals surface area contributed by atoms with Crippen molar-refractivity contribution >= 4 is 11.8 Å². The van der Waals surface area contributed by atoms with E-state index in [4.69, 9.17) is 5.73 Å². The van der Waals surface area contributed by atoms with E-state index < -0.39 is 0 Å². The molecule has 0 fully saturated rings. The molecule has 16 heavy (non-hydrogen) atoms. The minimum atomic E-state index is -0.184. The van der Waals surface area contributed by atoms with Gasteiger partial charge in [-0.15, -0.1) is 0 Å². The molecule has 0 bridgehead atoms. The van der Waals surface area contributed by atoms with Crippen molar-refractivity contribution in [2.75, 3.05) is 11.5 Å². The van der Waals surface area contributed by atoms with Gasteiger partial charge in [-0.1, -0.05) is 19.1 Å². The van der Waals surface area contributed by atoms with Crippen molar-refractivity contribution in [3.63, 3.8) is 0 Å². The minimum Gasteiger partial charge on any atom is -0.327 e. The molecule has 1 atom stereocenters. The van der Waals surface area contributed by atoms with Crippen LogP contribution in [0.3, 0.4) is 0 Å². The van der Waals surface area contributed by atoms with Crippen molar-refractivity contribution in [3.05, 3.63) is 35.6 Å². The normalized spacial score (nSPS) is 12.7. The van der Waals surface area contributed by atoms with Gasteiger partial charge in [-0.3, -0.25) is 0 Å². The number of hydrogen-bond donors (Lipinski definition) is 1. The molecule has 1 aromatic rings. The highest BCUT2D eigenvalue weighted by molar-refractivity contribution is 7.99. The Morgan fingerprint density at radius 3 is 2.62 bits per heavy atom. The second-order valence-corrected chi connectivity index (χ2v) is 5.32. The SMILES string of the molecule is CCSCCCC(N)Cc1ccc(F)cc1. The van der Waals surface area contributed by atoms with Crippen molar-refractivity contribution in [1.29, 1.82) is 0 Å². The van der Waals surface area contributed by atoms with E-state index in [1.165, 1.54) is 30.1 Å². The van der Waals surface area contributed by atoms with Gasteiger partial charge in [0, 0.05) is 6.04 Å². The molecule has 0 radical (unpaired) electrons. The fourth-order valence-electron chi connectivity index (χ4n) is 1.62. The van der Waals surface area contributed by atoms with E-state index in [0.717, 1.165) is 18.4 Å². The third-order valence-corrected chi connectivity index (χ3v) is 3.46. The Labute approximate surface area is 102 Å². The van der Waals surface area contributed by atoms with Crippen molar-refractivity contribution in [2.24, 2.45) is 5.73 Å². The van der Waals surface area contributed by atoms with Gasteiger partial charge in [0.1, 0.15) is 5.82 Å². The largest absolute Gasteiger partial charge is 0.327 e. The summed E-state index contributed by atoms with van der Waals surface area (Å²) in [5.41, 5.74) is 7.15. The maximum Gasteiger partial charge on any atom is 0.123 e. The molecule has 0 saturated carbocycles. The van der Waals surface area contributed by atoms with Gasteiger partial charge in [0.15, 0.2) is 0 Å². The molecule has 1 unspecified atom stereocenters. The van der Waals surface area contributed by atoms with E-state index in [1.807, 2.05) is 23.9 Å². The first-order valence-electron chi connectivity index (χ1n) is 5.80. The lowest BCUT2D eigenvalue weighted by atomic mass is 10.0. The first-order chi connectivity index (χ1) is 7.72. The van der Waals surface area contributed by atoms with Crippen LogP contribution < -0.4 is 5.73 Å². The molecule has 0 aliphatic heterocycles. The highest BCUT2D eigenvalue weighted by Crippen LogP contribution is 2.10.